The lowest BCUT2D eigenvalue weighted by atomic mass is 9.92. The molecule has 0 saturated heterocycles. The van der Waals surface area contributed by atoms with Crippen LogP contribution in [0.25, 0.3) is 0 Å². The first-order chi connectivity index (χ1) is 10.7. The van der Waals surface area contributed by atoms with Gasteiger partial charge in [-0.2, -0.15) is 0 Å². The molecule has 1 aliphatic heterocycles. The lowest BCUT2D eigenvalue weighted by molar-refractivity contribution is -0.121. The first-order valence-corrected chi connectivity index (χ1v) is 7.67. The van der Waals surface area contributed by atoms with Crippen molar-refractivity contribution in [1.82, 2.24) is 0 Å². The van der Waals surface area contributed by atoms with Crippen LogP contribution < -0.4 is 4.90 Å². The third kappa shape index (κ3) is 1.69. The van der Waals surface area contributed by atoms with Gasteiger partial charge >= 0.3 is 0 Å². The van der Waals surface area contributed by atoms with Crippen molar-refractivity contribution in [3.8, 4) is 0 Å². The molecule has 1 amide bonds. The molecule has 110 valence electrons. The minimum absolute atomic E-state index is 0.0424. The largest absolute Gasteiger partial charge is 0.304 e. The number of anilines is 1. The average molecular weight is 312 g/mol. The van der Waals surface area contributed by atoms with Crippen molar-refractivity contribution in [3.05, 3.63) is 64.7 Å². The molecular formula is C18H14ClNO2. The number of carbonyl (C=O) groups is 2. The predicted molar refractivity (Wildman–Crippen MR) is 85.3 cm³/mol. The standard InChI is InChI=1S/C18H14ClNO2/c19-13-7-5-12(6-8-13)15-11-18(15)14-3-1-2-4-16(14)20(9-10-21)17(18)22/h1-8,10,15H,9,11H2. The Morgan fingerprint density at radius 3 is 2.64 bits per heavy atom. The van der Waals surface area contributed by atoms with E-state index in [1.807, 2.05) is 48.5 Å². The summed E-state index contributed by atoms with van der Waals surface area (Å²) in [6.45, 7) is 0.116. The van der Waals surface area contributed by atoms with Crippen molar-refractivity contribution < 1.29 is 9.59 Å². The van der Waals surface area contributed by atoms with Crippen LogP contribution in [-0.4, -0.2) is 18.7 Å². The van der Waals surface area contributed by atoms with Gasteiger partial charge in [-0.1, -0.05) is 41.9 Å². The fraction of sp³-hybridized carbons (Fsp3) is 0.222. The lowest BCUT2D eigenvalue weighted by Gasteiger charge is -2.14. The number of nitrogens with zero attached hydrogens (tertiary/aromatic N) is 1. The first kappa shape index (κ1) is 13.5. The molecule has 4 rings (SSSR count). The molecule has 1 aliphatic carbocycles. The topological polar surface area (TPSA) is 37.4 Å². The van der Waals surface area contributed by atoms with Crippen molar-refractivity contribution in [3.63, 3.8) is 0 Å². The number of hydrogen-bond acceptors (Lipinski definition) is 2. The van der Waals surface area contributed by atoms with E-state index in [1.165, 1.54) is 0 Å². The van der Waals surface area contributed by atoms with Crippen molar-refractivity contribution >= 4 is 29.5 Å². The van der Waals surface area contributed by atoms with E-state index in [0.717, 1.165) is 29.5 Å². The maximum atomic E-state index is 12.9. The Morgan fingerprint density at radius 1 is 1.18 bits per heavy atom. The first-order valence-electron chi connectivity index (χ1n) is 7.29. The highest BCUT2D eigenvalue weighted by Crippen LogP contribution is 2.66. The van der Waals surface area contributed by atoms with Gasteiger partial charge in [0.15, 0.2) is 0 Å². The van der Waals surface area contributed by atoms with E-state index in [4.69, 9.17) is 11.6 Å². The van der Waals surface area contributed by atoms with Crippen LogP contribution in [0.5, 0.6) is 0 Å². The molecular weight excluding hydrogens is 298 g/mol. The minimum Gasteiger partial charge on any atom is -0.304 e. The van der Waals surface area contributed by atoms with E-state index in [0.29, 0.717) is 5.02 Å². The van der Waals surface area contributed by atoms with Crippen LogP contribution >= 0.6 is 11.6 Å². The van der Waals surface area contributed by atoms with E-state index in [-0.39, 0.29) is 18.4 Å². The van der Waals surface area contributed by atoms with Gasteiger partial charge in [0.2, 0.25) is 5.91 Å². The van der Waals surface area contributed by atoms with Crippen LogP contribution in [-0.2, 0) is 15.0 Å². The number of amides is 1. The van der Waals surface area contributed by atoms with Gasteiger partial charge in [0.05, 0.1) is 12.0 Å². The predicted octanol–water partition coefficient (Wildman–Crippen LogP) is 3.31. The molecule has 2 aromatic rings. The van der Waals surface area contributed by atoms with Crippen molar-refractivity contribution in [2.75, 3.05) is 11.4 Å². The van der Waals surface area contributed by atoms with Crippen molar-refractivity contribution in [2.24, 2.45) is 0 Å². The summed E-state index contributed by atoms with van der Waals surface area (Å²) in [6.07, 6.45) is 1.58. The van der Waals surface area contributed by atoms with Gasteiger partial charge < -0.3 is 9.69 Å². The summed E-state index contributed by atoms with van der Waals surface area (Å²) in [7, 11) is 0. The summed E-state index contributed by atoms with van der Waals surface area (Å²) in [5, 5.41) is 0.694. The summed E-state index contributed by atoms with van der Waals surface area (Å²) in [6, 6.07) is 15.5. The summed E-state index contributed by atoms with van der Waals surface area (Å²) >= 11 is 5.95. The third-order valence-electron chi connectivity index (χ3n) is 4.79. The maximum Gasteiger partial charge on any atom is 0.238 e. The average Bonchev–Trinajstić information content (AvgIpc) is 3.24. The fourth-order valence-electron chi connectivity index (χ4n) is 3.70. The van der Waals surface area contributed by atoms with Crippen LogP contribution in [0.15, 0.2) is 48.5 Å². The molecule has 0 aromatic heterocycles. The van der Waals surface area contributed by atoms with Crippen LogP contribution in [0, 0.1) is 0 Å². The molecule has 0 N–H and O–H groups in total. The van der Waals surface area contributed by atoms with Gasteiger partial charge in [0, 0.05) is 16.6 Å². The summed E-state index contributed by atoms with van der Waals surface area (Å²) in [5.41, 5.74) is 2.55. The molecule has 1 fully saturated rings. The van der Waals surface area contributed by atoms with Gasteiger partial charge in [0.1, 0.15) is 6.29 Å². The molecule has 2 unspecified atom stereocenters. The van der Waals surface area contributed by atoms with Gasteiger partial charge in [-0.3, -0.25) is 4.79 Å². The van der Waals surface area contributed by atoms with Crippen LogP contribution in [0.2, 0.25) is 5.02 Å². The number of rotatable bonds is 3. The molecule has 2 aliphatic rings. The van der Waals surface area contributed by atoms with Crippen LogP contribution in [0.3, 0.4) is 0 Å². The Labute approximate surface area is 133 Å². The fourth-order valence-corrected chi connectivity index (χ4v) is 3.83. The van der Waals surface area contributed by atoms with Gasteiger partial charge in [-0.05, 0) is 35.7 Å². The number of fused-ring (bicyclic) bond motifs is 2. The minimum atomic E-state index is -0.493. The zero-order valence-electron chi connectivity index (χ0n) is 11.8. The summed E-state index contributed by atoms with van der Waals surface area (Å²) < 4.78 is 0. The van der Waals surface area contributed by atoms with Gasteiger partial charge in [-0.25, -0.2) is 0 Å². The highest BCUT2D eigenvalue weighted by atomic mass is 35.5. The van der Waals surface area contributed by atoms with E-state index in [2.05, 4.69) is 0 Å². The Balaban J connectivity index is 1.78. The zero-order valence-corrected chi connectivity index (χ0v) is 12.6. The molecule has 2 aromatic carbocycles. The van der Waals surface area contributed by atoms with E-state index in [1.54, 1.807) is 4.90 Å². The van der Waals surface area contributed by atoms with Gasteiger partial charge in [0.25, 0.3) is 0 Å². The SMILES string of the molecule is O=CCN1C(=O)C2(CC2c2ccc(Cl)cc2)c2ccccc21. The van der Waals surface area contributed by atoms with Crippen LogP contribution in [0.1, 0.15) is 23.5 Å². The molecule has 1 saturated carbocycles. The monoisotopic (exact) mass is 311 g/mol. The second-order valence-corrected chi connectivity index (χ2v) is 6.32. The Kier molecular flexibility index (Phi) is 2.88. The normalized spacial score (nSPS) is 25.4. The maximum absolute atomic E-state index is 12.9. The molecule has 3 nitrogen and oxygen atoms in total. The highest BCUT2D eigenvalue weighted by molar-refractivity contribution is 6.30. The molecule has 2 atom stereocenters. The van der Waals surface area contributed by atoms with Crippen molar-refractivity contribution in [1.29, 1.82) is 0 Å². The van der Waals surface area contributed by atoms with E-state index < -0.39 is 5.41 Å². The van der Waals surface area contributed by atoms with E-state index in [9.17, 15) is 9.59 Å². The number of para-hydroxylation sites is 1. The second kappa shape index (κ2) is 4.68. The Bertz CT molecular complexity index is 771. The number of hydrogen-bond donors (Lipinski definition) is 0. The molecule has 1 spiro atoms. The number of carbonyl (C=O) groups excluding carboxylic acids is 2. The van der Waals surface area contributed by atoms with Crippen LogP contribution in [0.4, 0.5) is 5.69 Å². The van der Waals surface area contributed by atoms with Crippen molar-refractivity contribution in [2.45, 2.75) is 17.8 Å². The summed E-state index contributed by atoms with van der Waals surface area (Å²) in [4.78, 5) is 25.5. The molecule has 1 heterocycles. The Hall–Kier alpha value is -2.13. The third-order valence-corrected chi connectivity index (χ3v) is 5.04. The number of benzene rings is 2. The Morgan fingerprint density at radius 2 is 1.91 bits per heavy atom. The van der Waals surface area contributed by atoms with E-state index >= 15 is 0 Å². The second-order valence-electron chi connectivity index (χ2n) is 5.88. The van der Waals surface area contributed by atoms with Gasteiger partial charge in [-0.15, -0.1) is 0 Å². The molecule has 0 radical (unpaired) electrons. The lowest BCUT2D eigenvalue weighted by Crippen LogP contribution is -2.34. The highest BCUT2D eigenvalue weighted by Gasteiger charge is 2.66. The molecule has 4 heteroatoms. The summed E-state index contributed by atoms with van der Waals surface area (Å²) in [5.74, 6) is 0.204. The molecule has 0 bridgehead atoms. The zero-order chi connectivity index (χ0) is 15.3. The smallest absolute Gasteiger partial charge is 0.238 e. The molecule has 22 heavy (non-hydrogen) atoms. The quantitative estimate of drug-likeness (QED) is 0.816. The number of halogens is 1. The number of aldehydes is 1.